The second-order valence-electron chi connectivity index (χ2n) is 5.50. The summed E-state index contributed by atoms with van der Waals surface area (Å²) in [5.41, 5.74) is 6.78. The molecule has 0 aliphatic carbocycles. The first kappa shape index (κ1) is 18.4. The molecule has 124 valence electrons. The third-order valence-electron chi connectivity index (χ3n) is 2.50. The lowest BCUT2D eigenvalue weighted by molar-refractivity contribution is -0.870. The second kappa shape index (κ2) is 9.38. The fraction of sp³-hybridized carbons (Fsp3) is 0.357. The number of aromatic nitrogens is 6. The third-order valence-corrected chi connectivity index (χ3v) is 2.50. The molecule has 0 spiro atoms. The lowest BCUT2D eigenvalue weighted by Gasteiger charge is -2.21. The van der Waals surface area contributed by atoms with E-state index < -0.39 is 0 Å². The van der Waals surface area contributed by atoms with Gasteiger partial charge in [0.1, 0.15) is 24.7 Å². The number of hydrogen-bond donors (Lipinski definition) is 3. The highest BCUT2D eigenvalue weighted by Gasteiger charge is 2.02. The van der Waals surface area contributed by atoms with Crippen molar-refractivity contribution in [3.63, 3.8) is 0 Å². The molecule has 0 bridgehead atoms. The normalized spacial score (nSPS) is 10.3. The molecule has 3 rings (SSSR count). The summed E-state index contributed by atoms with van der Waals surface area (Å²) in [7, 11) is 6.16. The number of H-pyrrole nitrogens is 1. The number of aliphatic hydroxyl groups excluding tert-OH is 1. The second-order valence-corrected chi connectivity index (χ2v) is 5.50. The van der Waals surface area contributed by atoms with Crippen molar-refractivity contribution < 1.29 is 9.59 Å². The van der Waals surface area contributed by atoms with Gasteiger partial charge in [0.25, 0.3) is 0 Å². The van der Waals surface area contributed by atoms with Crippen LogP contribution in [0.3, 0.4) is 0 Å². The van der Waals surface area contributed by atoms with Gasteiger partial charge in [0.05, 0.1) is 34.1 Å². The fourth-order valence-electron chi connectivity index (χ4n) is 1.34. The summed E-state index contributed by atoms with van der Waals surface area (Å²) in [6.07, 6.45) is 7.80. The molecule has 0 saturated heterocycles. The summed E-state index contributed by atoms with van der Waals surface area (Å²) in [6, 6.07) is 1.78. The van der Waals surface area contributed by atoms with Crippen LogP contribution in [0.4, 0.5) is 5.82 Å². The molecule has 4 N–H and O–H groups in total. The van der Waals surface area contributed by atoms with Crippen LogP contribution < -0.4 is 5.73 Å². The maximum absolute atomic E-state index is 8.39. The summed E-state index contributed by atoms with van der Waals surface area (Å²) in [5.74, 6) is 0.433. The number of nitrogen functional groups attached to an aromatic ring is 1. The van der Waals surface area contributed by atoms with Gasteiger partial charge >= 0.3 is 0 Å². The molecule has 0 amide bonds. The van der Waals surface area contributed by atoms with E-state index >= 15 is 0 Å². The molecule has 0 aliphatic heterocycles. The van der Waals surface area contributed by atoms with E-state index in [4.69, 9.17) is 10.8 Å². The minimum absolute atomic E-state index is 0.281. The zero-order valence-corrected chi connectivity index (χ0v) is 13.6. The molecule has 3 aromatic rings. The van der Waals surface area contributed by atoms with E-state index in [1.165, 1.54) is 19.0 Å². The summed E-state index contributed by atoms with van der Waals surface area (Å²) in [4.78, 5) is 21.7. The number of nitrogens with one attached hydrogen (secondary N) is 1. The number of aromatic amines is 1. The lowest BCUT2D eigenvalue weighted by atomic mass is 10.5. The largest absolute Gasteiger partial charge is 0.391 e. The summed E-state index contributed by atoms with van der Waals surface area (Å²) >= 11 is 0. The zero-order valence-electron chi connectivity index (χ0n) is 13.6. The van der Waals surface area contributed by atoms with E-state index in [0.717, 1.165) is 11.0 Å². The Balaban J connectivity index is 0.000000181. The predicted octanol–water partition coefficient (Wildman–Crippen LogP) is 0.0966. The number of hydrogen-bond acceptors (Lipinski definition) is 7. The summed E-state index contributed by atoms with van der Waals surface area (Å²) in [6.45, 7) is 1.11. The van der Waals surface area contributed by atoms with Crippen LogP contribution in [0, 0.1) is 0 Å². The van der Waals surface area contributed by atoms with E-state index in [0.29, 0.717) is 17.0 Å². The first-order valence-corrected chi connectivity index (χ1v) is 6.95. The maximum atomic E-state index is 8.39. The monoisotopic (exact) mass is 319 g/mol. The Morgan fingerprint density at radius 1 is 1.09 bits per heavy atom. The number of aliphatic hydroxyl groups is 1. The van der Waals surface area contributed by atoms with Gasteiger partial charge in [0.2, 0.25) is 0 Å². The summed E-state index contributed by atoms with van der Waals surface area (Å²) < 4.78 is 0.844. The number of fused-ring (bicyclic) bond motifs is 1. The highest BCUT2D eigenvalue weighted by Crippen LogP contribution is 2.09. The Hall–Kier alpha value is -2.65. The Bertz CT molecular complexity index is 638. The molecule has 9 nitrogen and oxygen atoms in total. The van der Waals surface area contributed by atoms with Gasteiger partial charge < -0.3 is 20.3 Å². The van der Waals surface area contributed by atoms with Crippen LogP contribution >= 0.6 is 0 Å². The molecule has 0 atom stereocenters. The number of imidazole rings is 1. The van der Waals surface area contributed by atoms with E-state index in [2.05, 4.69) is 51.0 Å². The van der Waals surface area contributed by atoms with Crippen LogP contribution in [0.25, 0.3) is 11.2 Å². The van der Waals surface area contributed by atoms with Gasteiger partial charge in [0.15, 0.2) is 11.5 Å². The van der Waals surface area contributed by atoms with Crippen LogP contribution in [0.2, 0.25) is 0 Å². The molecule has 0 aliphatic rings. The number of rotatable bonds is 2. The smallest absolute Gasteiger partial charge is 0.182 e. The van der Waals surface area contributed by atoms with Gasteiger partial charge in [-0.2, -0.15) is 0 Å². The molecular weight excluding hydrogens is 296 g/mol. The molecule has 3 heterocycles. The van der Waals surface area contributed by atoms with Crippen molar-refractivity contribution in [1.82, 2.24) is 29.9 Å². The van der Waals surface area contributed by atoms with E-state index in [1.54, 1.807) is 18.5 Å². The van der Waals surface area contributed by atoms with Crippen LogP contribution in [-0.4, -0.2) is 73.8 Å². The maximum Gasteiger partial charge on any atom is 0.182 e. The number of quaternary nitrogens is 1. The van der Waals surface area contributed by atoms with Crippen LogP contribution in [0.5, 0.6) is 0 Å². The van der Waals surface area contributed by atoms with E-state index in [-0.39, 0.29) is 6.61 Å². The molecule has 0 aromatic carbocycles. The zero-order chi connectivity index (χ0) is 17.1. The van der Waals surface area contributed by atoms with Crippen molar-refractivity contribution in [1.29, 1.82) is 0 Å². The fourth-order valence-corrected chi connectivity index (χ4v) is 1.34. The Kier molecular flexibility index (Phi) is 7.51. The average Bonchev–Trinajstić information content (AvgIpc) is 2.99. The Morgan fingerprint density at radius 2 is 1.78 bits per heavy atom. The van der Waals surface area contributed by atoms with Gasteiger partial charge in [-0.25, -0.2) is 24.9 Å². The van der Waals surface area contributed by atoms with Gasteiger partial charge in [-0.3, -0.25) is 0 Å². The Labute approximate surface area is 134 Å². The molecule has 23 heavy (non-hydrogen) atoms. The molecule has 0 fully saturated rings. The van der Waals surface area contributed by atoms with Crippen molar-refractivity contribution in [2.75, 3.05) is 40.0 Å². The van der Waals surface area contributed by atoms with Gasteiger partial charge in [-0.05, 0) is 6.07 Å². The molecule has 9 heteroatoms. The van der Waals surface area contributed by atoms with Gasteiger partial charge in [-0.15, -0.1) is 0 Å². The van der Waals surface area contributed by atoms with Crippen molar-refractivity contribution in [3.8, 4) is 0 Å². The minimum atomic E-state index is 0.281. The van der Waals surface area contributed by atoms with Crippen molar-refractivity contribution in [3.05, 3.63) is 37.4 Å². The first-order chi connectivity index (χ1) is 10.9. The number of nitrogens with zero attached hydrogens (tertiary/aromatic N) is 6. The van der Waals surface area contributed by atoms with E-state index in [1.807, 2.05) is 0 Å². The Morgan fingerprint density at radius 3 is 2.17 bits per heavy atom. The standard InChI is InChI=1S/C5H5N5.C5H14NO.C4H4N2/c6-4-3-5(9-1-7-3)10-2-8-4;1-6(2,3)4-5-7;1-2-5-4-6-3-1/h1-2H,(H3,6,7,8,9,10);7H,4-5H2,1-3H3;1-4H/q;+1;. The predicted molar refractivity (Wildman–Crippen MR) is 88.1 cm³/mol. The third kappa shape index (κ3) is 7.79. The topological polar surface area (TPSA) is 126 Å². The highest BCUT2D eigenvalue weighted by atomic mass is 16.3. The number of likely N-dealkylation sites (N-methyl/N-ethyl adjacent to an activating group) is 1. The van der Waals surface area contributed by atoms with Crippen molar-refractivity contribution >= 4 is 17.0 Å². The van der Waals surface area contributed by atoms with Crippen LogP contribution in [0.1, 0.15) is 0 Å². The van der Waals surface area contributed by atoms with Crippen LogP contribution in [0.15, 0.2) is 37.4 Å². The molecule has 0 radical (unpaired) electrons. The van der Waals surface area contributed by atoms with Crippen LogP contribution in [-0.2, 0) is 0 Å². The minimum Gasteiger partial charge on any atom is -0.391 e. The number of nitrogens with two attached hydrogens (primary N) is 1. The molecule has 0 saturated carbocycles. The van der Waals surface area contributed by atoms with Gasteiger partial charge in [-0.1, -0.05) is 0 Å². The summed E-state index contributed by atoms with van der Waals surface area (Å²) in [5, 5.41) is 8.39. The number of anilines is 1. The molecule has 0 unspecified atom stereocenters. The molecule has 3 aromatic heterocycles. The lowest BCUT2D eigenvalue weighted by Crippen LogP contribution is -2.36. The average molecular weight is 319 g/mol. The quantitative estimate of drug-likeness (QED) is 0.572. The first-order valence-electron chi connectivity index (χ1n) is 6.95. The molecular formula is C14H23N8O+. The van der Waals surface area contributed by atoms with Crippen molar-refractivity contribution in [2.45, 2.75) is 0 Å². The van der Waals surface area contributed by atoms with E-state index in [9.17, 15) is 0 Å². The van der Waals surface area contributed by atoms with Gasteiger partial charge in [0, 0.05) is 12.4 Å². The van der Waals surface area contributed by atoms with Crippen molar-refractivity contribution in [2.24, 2.45) is 0 Å². The highest BCUT2D eigenvalue weighted by molar-refractivity contribution is 5.80. The SMILES string of the molecule is C[N+](C)(C)CCO.Nc1ncnc2nc[nH]c12.c1cncnc1.